The fourth-order valence-corrected chi connectivity index (χ4v) is 2.44. The van der Waals surface area contributed by atoms with Crippen LogP contribution >= 0.6 is 15.9 Å². The molecule has 5 heteroatoms. The molecule has 0 bridgehead atoms. The number of aryl methyl sites for hydroxylation is 1. The molecule has 0 aliphatic rings. The van der Waals surface area contributed by atoms with Crippen molar-refractivity contribution in [2.75, 3.05) is 0 Å². The summed E-state index contributed by atoms with van der Waals surface area (Å²) in [6.45, 7) is 1.93. The third kappa shape index (κ3) is 3.83. The highest BCUT2D eigenvalue weighted by Gasteiger charge is 2.12. The van der Waals surface area contributed by atoms with Crippen molar-refractivity contribution in [3.05, 3.63) is 63.6 Å². The summed E-state index contributed by atoms with van der Waals surface area (Å²) in [7, 11) is 0. The Bertz CT molecular complexity index is 537. The average Bonchev–Trinajstić information content (AvgIpc) is 2.36. The van der Waals surface area contributed by atoms with Crippen molar-refractivity contribution < 1.29 is 4.39 Å². The van der Waals surface area contributed by atoms with Crippen LogP contribution in [0.5, 0.6) is 0 Å². The second kappa shape index (κ2) is 6.23. The molecule has 0 amide bonds. The second-order valence-corrected chi connectivity index (χ2v) is 5.35. The van der Waals surface area contributed by atoms with Gasteiger partial charge in [0.25, 0.3) is 0 Å². The molecule has 1 aromatic carbocycles. The maximum atomic E-state index is 13.3. The minimum atomic E-state index is -0.262. The summed E-state index contributed by atoms with van der Waals surface area (Å²) < 4.78 is 14.1. The van der Waals surface area contributed by atoms with Gasteiger partial charge in [-0.25, -0.2) is 4.39 Å². The van der Waals surface area contributed by atoms with Gasteiger partial charge >= 0.3 is 0 Å². The summed E-state index contributed by atoms with van der Waals surface area (Å²) >= 11 is 3.29. The number of hydrogen-bond donors (Lipinski definition) is 2. The average molecular weight is 324 g/mol. The molecule has 0 aliphatic carbocycles. The number of halogens is 2. The standard InChI is InChI=1S/C14H15BrFN3/c1-9-2-3-11(8-18-9)14(19-17)6-10-4-12(15)7-13(16)5-10/h2-5,7-8,14,19H,6,17H2,1H3. The molecular formula is C14H15BrFN3. The fraction of sp³-hybridized carbons (Fsp3) is 0.214. The van der Waals surface area contributed by atoms with Crippen molar-refractivity contribution >= 4 is 15.9 Å². The molecular weight excluding hydrogens is 309 g/mol. The number of nitrogens with zero attached hydrogens (tertiary/aromatic N) is 1. The molecule has 1 aromatic heterocycles. The number of aromatic nitrogens is 1. The summed E-state index contributed by atoms with van der Waals surface area (Å²) in [5, 5.41) is 0. The maximum absolute atomic E-state index is 13.3. The number of hydrazine groups is 1. The van der Waals surface area contributed by atoms with Crippen LogP contribution in [0.25, 0.3) is 0 Å². The highest BCUT2D eigenvalue weighted by atomic mass is 79.9. The van der Waals surface area contributed by atoms with E-state index in [2.05, 4.69) is 26.3 Å². The Hall–Kier alpha value is -1.30. The van der Waals surface area contributed by atoms with E-state index in [-0.39, 0.29) is 11.9 Å². The number of rotatable bonds is 4. The van der Waals surface area contributed by atoms with E-state index in [1.807, 2.05) is 25.1 Å². The van der Waals surface area contributed by atoms with Gasteiger partial charge in [-0.3, -0.25) is 16.3 Å². The fourth-order valence-electron chi connectivity index (χ4n) is 1.92. The number of pyridine rings is 1. The first-order valence-electron chi connectivity index (χ1n) is 5.92. The second-order valence-electron chi connectivity index (χ2n) is 4.43. The van der Waals surface area contributed by atoms with Crippen LogP contribution in [0.4, 0.5) is 4.39 Å². The monoisotopic (exact) mass is 323 g/mol. The molecule has 1 heterocycles. The molecule has 0 radical (unpaired) electrons. The summed E-state index contributed by atoms with van der Waals surface area (Å²) in [4.78, 5) is 4.25. The quantitative estimate of drug-likeness (QED) is 0.671. The molecule has 1 unspecified atom stereocenters. The Morgan fingerprint density at radius 1 is 1.37 bits per heavy atom. The maximum Gasteiger partial charge on any atom is 0.124 e. The van der Waals surface area contributed by atoms with E-state index >= 15 is 0 Å². The summed E-state index contributed by atoms with van der Waals surface area (Å²) in [6.07, 6.45) is 2.38. The Morgan fingerprint density at radius 3 is 2.74 bits per heavy atom. The molecule has 0 saturated carbocycles. The SMILES string of the molecule is Cc1ccc(C(Cc2cc(F)cc(Br)c2)NN)cn1. The largest absolute Gasteiger partial charge is 0.271 e. The molecule has 0 aliphatic heterocycles. The van der Waals surface area contributed by atoms with Gasteiger partial charge in [0, 0.05) is 16.4 Å². The molecule has 100 valence electrons. The van der Waals surface area contributed by atoms with Crippen LogP contribution in [0.2, 0.25) is 0 Å². The first-order valence-corrected chi connectivity index (χ1v) is 6.71. The lowest BCUT2D eigenvalue weighted by atomic mass is 10.0. The van der Waals surface area contributed by atoms with Gasteiger partial charge < -0.3 is 0 Å². The molecule has 0 saturated heterocycles. The zero-order valence-corrected chi connectivity index (χ0v) is 12.1. The smallest absolute Gasteiger partial charge is 0.124 e. The van der Waals surface area contributed by atoms with E-state index in [1.54, 1.807) is 6.20 Å². The third-order valence-corrected chi connectivity index (χ3v) is 3.36. The summed E-state index contributed by atoms with van der Waals surface area (Å²) in [5.41, 5.74) is 5.55. The summed E-state index contributed by atoms with van der Waals surface area (Å²) in [6, 6.07) is 8.64. The third-order valence-electron chi connectivity index (χ3n) is 2.90. The zero-order valence-electron chi connectivity index (χ0n) is 10.5. The van der Waals surface area contributed by atoms with Crippen molar-refractivity contribution in [2.24, 2.45) is 5.84 Å². The van der Waals surface area contributed by atoms with E-state index in [1.165, 1.54) is 12.1 Å². The van der Waals surface area contributed by atoms with Crippen LogP contribution in [0.1, 0.15) is 22.9 Å². The van der Waals surface area contributed by atoms with E-state index in [0.717, 1.165) is 21.3 Å². The number of hydrogen-bond acceptors (Lipinski definition) is 3. The van der Waals surface area contributed by atoms with Gasteiger partial charge in [0.1, 0.15) is 5.82 Å². The van der Waals surface area contributed by atoms with Crippen molar-refractivity contribution in [3.63, 3.8) is 0 Å². The van der Waals surface area contributed by atoms with E-state index in [4.69, 9.17) is 5.84 Å². The molecule has 0 spiro atoms. The number of nitrogens with two attached hydrogens (primary N) is 1. The number of benzene rings is 1. The van der Waals surface area contributed by atoms with Crippen molar-refractivity contribution in [3.8, 4) is 0 Å². The van der Waals surface area contributed by atoms with E-state index in [0.29, 0.717) is 6.42 Å². The number of nitrogens with one attached hydrogen (secondary N) is 1. The van der Waals surface area contributed by atoms with Crippen LogP contribution in [0.3, 0.4) is 0 Å². The highest BCUT2D eigenvalue weighted by Crippen LogP contribution is 2.21. The predicted octanol–water partition coefficient (Wildman–Crippen LogP) is 3.04. The van der Waals surface area contributed by atoms with Gasteiger partial charge in [-0.15, -0.1) is 0 Å². The molecule has 19 heavy (non-hydrogen) atoms. The predicted molar refractivity (Wildman–Crippen MR) is 76.8 cm³/mol. The van der Waals surface area contributed by atoms with E-state index < -0.39 is 0 Å². The lowest BCUT2D eigenvalue weighted by Gasteiger charge is -2.16. The Labute approximate surface area is 120 Å². The molecule has 1 atom stereocenters. The van der Waals surface area contributed by atoms with Gasteiger partial charge in [-0.2, -0.15) is 0 Å². The molecule has 3 nitrogen and oxygen atoms in total. The Kier molecular flexibility index (Phi) is 4.63. The van der Waals surface area contributed by atoms with Crippen molar-refractivity contribution in [1.29, 1.82) is 0 Å². The lowest BCUT2D eigenvalue weighted by molar-refractivity contribution is 0.546. The summed E-state index contributed by atoms with van der Waals surface area (Å²) in [5.74, 6) is 5.32. The first-order chi connectivity index (χ1) is 9.08. The van der Waals surface area contributed by atoms with Gasteiger partial charge in [0.15, 0.2) is 0 Å². The highest BCUT2D eigenvalue weighted by molar-refractivity contribution is 9.10. The normalized spacial score (nSPS) is 12.4. The first kappa shape index (κ1) is 14.1. The van der Waals surface area contributed by atoms with Crippen LogP contribution in [0.15, 0.2) is 41.0 Å². The molecule has 2 aromatic rings. The minimum Gasteiger partial charge on any atom is -0.271 e. The van der Waals surface area contributed by atoms with Crippen LogP contribution in [-0.4, -0.2) is 4.98 Å². The van der Waals surface area contributed by atoms with Crippen LogP contribution < -0.4 is 11.3 Å². The molecule has 2 rings (SSSR count). The van der Waals surface area contributed by atoms with Crippen molar-refractivity contribution in [2.45, 2.75) is 19.4 Å². The Morgan fingerprint density at radius 2 is 2.16 bits per heavy atom. The Balaban J connectivity index is 2.21. The minimum absolute atomic E-state index is 0.0956. The van der Waals surface area contributed by atoms with Crippen LogP contribution in [0, 0.1) is 12.7 Å². The molecule has 3 N–H and O–H groups in total. The van der Waals surface area contributed by atoms with E-state index in [9.17, 15) is 4.39 Å². The topological polar surface area (TPSA) is 50.9 Å². The van der Waals surface area contributed by atoms with Gasteiger partial charge in [0.2, 0.25) is 0 Å². The van der Waals surface area contributed by atoms with Gasteiger partial charge in [-0.1, -0.05) is 22.0 Å². The van der Waals surface area contributed by atoms with Crippen LogP contribution in [-0.2, 0) is 6.42 Å². The van der Waals surface area contributed by atoms with Gasteiger partial charge in [0.05, 0.1) is 6.04 Å². The lowest BCUT2D eigenvalue weighted by Crippen LogP contribution is -2.29. The van der Waals surface area contributed by atoms with Gasteiger partial charge in [-0.05, 0) is 48.7 Å². The van der Waals surface area contributed by atoms with Crippen molar-refractivity contribution in [1.82, 2.24) is 10.4 Å². The molecule has 0 fully saturated rings. The zero-order chi connectivity index (χ0) is 13.8.